The Labute approximate surface area is 162 Å². The highest BCUT2D eigenvalue weighted by Crippen LogP contribution is 2.37. The molecule has 3 aromatic carbocycles. The molecule has 0 fully saturated rings. The molecule has 0 saturated carbocycles. The first-order chi connectivity index (χ1) is 12.6. The van der Waals surface area contributed by atoms with Crippen molar-refractivity contribution in [2.24, 2.45) is 5.10 Å². The van der Waals surface area contributed by atoms with E-state index in [9.17, 15) is 5.11 Å². The predicted octanol–water partition coefficient (Wildman–Crippen LogP) is 6.05. The van der Waals surface area contributed by atoms with Gasteiger partial charge in [0.25, 0.3) is 0 Å². The largest absolute Gasteiger partial charge is 0.508 e. The smallest absolute Gasteiger partial charge is 0.115 e. The molecule has 0 aromatic heterocycles. The van der Waals surface area contributed by atoms with E-state index < -0.39 is 0 Å². The summed E-state index contributed by atoms with van der Waals surface area (Å²) < 4.78 is 0. The Hall–Kier alpha value is -2.49. The van der Waals surface area contributed by atoms with Crippen LogP contribution in [0.1, 0.15) is 23.6 Å². The zero-order valence-electron chi connectivity index (χ0n) is 13.8. The molecule has 0 bridgehead atoms. The molecule has 1 N–H and O–H groups in total. The summed E-state index contributed by atoms with van der Waals surface area (Å²) in [7, 11) is 0. The summed E-state index contributed by atoms with van der Waals surface area (Å²) in [6, 6.07) is 22.7. The molecule has 130 valence electrons. The fourth-order valence-electron chi connectivity index (χ4n) is 3.12. The molecular weight excluding hydrogens is 367 g/mol. The van der Waals surface area contributed by atoms with Gasteiger partial charge in [0.2, 0.25) is 0 Å². The number of anilines is 1. The summed E-state index contributed by atoms with van der Waals surface area (Å²) in [4.78, 5) is 0. The van der Waals surface area contributed by atoms with Crippen LogP contribution in [0.4, 0.5) is 5.69 Å². The first kappa shape index (κ1) is 17.0. The van der Waals surface area contributed by atoms with E-state index in [-0.39, 0.29) is 11.8 Å². The van der Waals surface area contributed by atoms with Crippen molar-refractivity contribution >= 4 is 34.6 Å². The van der Waals surface area contributed by atoms with Gasteiger partial charge < -0.3 is 5.11 Å². The monoisotopic (exact) mass is 382 g/mol. The molecule has 1 unspecified atom stereocenters. The van der Waals surface area contributed by atoms with E-state index in [2.05, 4.69) is 0 Å². The predicted molar refractivity (Wildman–Crippen MR) is 107 cm³/mol. The molecule has 5 heteroatoms. The Balaban J connectivity index is 1.74. The topological polar surface area (TPSA) is 35.8 Å². The van der Waals surface area contributed by atoms with Gasteiger partial charge in [-0.1, -0.05) is 35.3 Å². The highest BCUT2D eigenvalue weighted by Gasteiger charge is 2.29. The number of aromatic hydroxyl groups is 1. The van der Waals surface area contributed by atoms with E-state index >= 15 is 0 Å². The van der Waals surface area contributed by atoms with Gasteiger partial charge in [-0.2, -0.15) is 5.10 Å². The maximum absolute atomic E-state index is 9.54. The molecule has 1 heterocycles. The number of rotatable bonds is 3. The molecule has 1 aliphatic heterocycles. The Morgan fingerprint density at radius 3 is 2.00 bits per heavy atom. The van der Waals surface area contributed by atoms with Crippen LogP contribution in [0.15, 0.2) is 77.9 Å². The standard InChI is InChI=1S/C21H16Cl2N2O/c22-16-5-1-15(2-6-16)21-13-20(14-3-11-19(26)12-4-14)24-25(21)18-9-7-17(23)8-10-18/h1-12,21,26H,13H2. The fraction of sp³-hybridized carbons (Fsp3) is 0.0952. The lowest BCUT2D eigenvalue weighted by molar-refractivity contribution is 0.475. The molecule has 0 saturated heterocycles. The van der Waals surface area contributed by atoms with Crippen LogP contribution in [-0.4, -0.2) is 10.8 Å². The quantitative estimate of drug-likeness (QED) is 0.597. The maximum atomic E-state index is 9.54. The van der Waals surface area contributed by atoms with Gasteiger partial charge >= 0.3 is 0 Å². The second-order valence-corrected chi connectivity index (χ2v) is 7.06. The van der Waals surface area contributed by atoms with Gasteiger partial charge in [0.05, 0.1) is 17.4 Å². The molecule has 0 aliphatic carbocycles. The van der Waals surface area contributed by atoms with E-state index in [0.29, 0.717) is 10.0 Å². The van der Waals surface area contributed by atoms with Crippen molar-refractivity contribution in [1.82, 2.24) is 0 Å². The zero-order chi connectivity index (χ0) is 18.1. The van der Waals surface area contributed by atoms with Crippen LogP contribution in [0.5, 0.6) is 5.75 Å². The molecule has 26 heavy (non-hydrogen) atoms. The number of halogens is 2. The van der Waals surface area contributed by atoms with Crippen LogP contribution in [-0.2, 0) is 0 Å². The normalized spacial score (nSPS) is 16.6. The Bertz CT molecular complexity index is 935. The Morgan fingerprint density at radius 2 is 1.38 bits per heavy atom. The van der Waals surface area contributed by atoms with Gasteiger partial charge in [0.15, 0.2) is 0 Å². The third kappa shape index (κ3) is 3.41. The second-order valence-electron chi connectivity index (χ2n) is 6.19. The lowest BCUT2D eigenvalue weighted by atomic mass is 9.98. The molecule has 1 atom stereocenters. The third-order valence-electron chi connectivity index (χ3n) is 4.46. The van der Waals surface area contributed by atoms with Crippen LogP contribution in [0.25, 0.3) is 0 Å². The van der Waals surface area contributed by atoms with Gasteiger partial charge in [-0.25, -0.2) is 0 Å². The number of phenols is 1. The molecule has 3 aromatic rings. The van der Waals surface area contributed by atoms with Crippen molar-refractivity contribution in [3.8, 4) is 5.75 Å². The molecule has 4 rings (SSSR count). The molecule has 0 spiro atoms. The number of benzene rings is 3. The molecule has 3 nitrogen and oxygen atoms in total. The lowest BCUT2D eigenvalue weighted by Crippen LogP contribution is -2.18. The van der Waals surface area contributed by atoms with E-state index in [4.69, 9.17) is 28.3 Å². The van der Waals surface area contributed by atoms with Gasteiger partial charge in [-0.3, -0.25) is 5.01 Å². The van der Waals surface area contributed by atoms with Crippen LogP contribution in [0, 0.1) is 0 Å². The van der Waals surface area contributed by atoms with Gasteiger partial charge in [0, 0.05) is 16.5 Å². The SMILES string of the molecule is Oc1ccc(C2=NN(c3ccc(Cl)cc3)C(c3ccc(Cl)cc3)C2)cc1. The Morgan fingerprint density at radius 1 is 0.808 bits per heavy atom. The number of hydrogen-bond donors (Lipinski definition) is 1. The van der Waals surface area contributed by atoms with Crippen molar-refractivity contribution in [2.75, 3.05) is 5.01 Å². The number of hydrazone groups is 1. The van der Waals surface area contributed by atoms with Crippen LogP contribution < -0.4 is 5.01 Å². The third-order valence-corrected chi connectivity index (χ3v) is 4.96. The molecule has 0 amide bonds. The van der Waals surface area contributed by atoms with Crippen molar-refractivity contribution in [3.05, 3.63) is 94.0 Å². The number of hydrogen-bond acceptors (Lipinski definition) is 3. The second kappa shape index (κ2) is 7.02. The highest BCUT2D eigenvalue weighted by molar-refractivity contribution is 6.30. The van der Waals surface area contributed by atoms with Gasteiger partial charge in [-0.15, -0.1) is 0 Å². The van der Waals surface area contributed by atoms with Gasteiger partial charge in [0.1, 0.15) is 5.75 Å². The van der Waals surface area contributed by atoms with Crippen molar-refractivity contribution in [3.63, 3.8) is 0 Å². The average molecular weight is 383 g/mol. The number of phenolic OH excluding ortho intramolecular Hbond substituents is 1. The summed E-state index contributed by atoms with van der Waals surface area (Å²) in [5.74, 6) is 0.246. The summed E-state index contributed by atoms with van der Waals surface area (Å²) in [5.41, 5.74) is 4.09. The first-order valence-electron chi connectivity index (χ1n) is 8.27. The van der Waals surface area contributed by atoms with Crippen molar-refractivity contribution in [1.29, 1.82) is 0 Å². The van der Waals surface area contributed by atoms with Crippen LogP contribution in [0.2, 0.25) is 10.0 Å². The highest BCUT2D eigenvalue weighted by atomic mass is 35.5. The van der Waals surface area contributed by atoms with Crippen LogP contribution >= 0.6 is 23.2 Å². The molecular formula is C21H16Cl2N2O. The summed E-state index contributed by atoms with van der Waals surface area (Å²) in [6.07, 6.45) is 0.759. The first-order valence-corrected chi connectivity index (χ1v) is 9.03. The maximum Gasteiger partial charge on any atom is 0.115 e. The molecule has 1 aliphatic rings. The Kier molecular flexibility index (Phi) is 4.58. The van der Waals surface area contributed by atoms with E-state index in [1.54, 1.807) is 12.1 Å². The zero-order valence-corrected chi connectivity index (χ0v) is 15.3. The van der Waals surface area contributed by atoms with E-state index in [1.165, 1.54) is 0 Å². The van der Waals surface area contributed by atoms with E-state index in [0.717, 1.165) is 28.9 Å². The van der Waals surface area contributed by atoms with E-state index in [1.807, 2.05) is 65.7 Å². The van der Waals surface area contributed by atoms with Crippen LogP contribution in [0.3, 0.4) is 0 Å². The van der Waals surface area contributed by atoms with Crippen molar-refractivity contribution in [2.45, 2.75) is 12.5 Å². The average Bonchev–Trinajstić information content (AvgIpc) is 3.09. The number of nitrogens with zero attached hydrogens (tertiary/aromatic N) is 2. The summed E-state index contributed by atoms with van der Waals surface area (Å²) >= 11 is 12.1. The minimum atomic E-state index is 0.0669. The summed E-state index contributed by atoms with van der Waals surface area (Å²) in [6.45, 7) is 0. The molecule has 0 radical (unpaired) electrons. The summed E-state index contributed by atoms with van der Waals surface area (Å²) in [5, 5.41) is 17.8. The minimum Gasteiger partial charge on any atom is -0.508 e. The minimum absolute atomic E-state index is 0.0669. The lowest BCUT2D eigenvalue weighted by Gasteiger charge is -2.24. The fourth-order valence-corrected chi connectivity index (χ4v) is 3.37. The van der Waals surface area contributed by atoms with Gasteiger partial charge in [-0.05, 0) is 71.8 Å². The van der Waals surface area contributed by atoms with Crippen molar-refractivity contribution < 1.29 is 5.11 Å².